The number of aromatic nitrogens is 3. The number of ether oxygens (including phenoxy) is 1. The molecule has 1 aromatic carbocycles. The van der Waals surface area contributed by atoms with Gasteiger partial charge in [-0.15, -0.1) is 0 Å². The predicted octanol–water partition coefficient (Wildman–Crippen LogP) is 1.47. The average molecular weight is 426 g/mol. The molecule has 3 aromatic rings. The van der Waals surface area contributed by atoms with Gasteiger partial charge in [-0.1, -0.05) is 32.0 Å². The van der Waals surface area contributed by atoms with Crippen molar-refractivity contribution in [3.05, 3.63) is 62.4 Å². The summed E-state index contributed by atoms with van der Waals surface area (Å²) in [7, 11) is 1.28. The number of para-hydroxylation sites is 1. The third-order valence-corrected chi connectivity index (χ3v) is 5.08. The number of Topliss-reactive ketones (excluding diaryl/α,β-unsaturated/α-hetero) is 1. The molecule has 0 amide bonds. The van der Waals surface area contributed by atoms with E-state index in [2.05, 4.69) is 0 Å². The van der Waals surface area contributed by atoms with Crippen LogP contribution < -0.4 is 17.0 Å². The van der Waals surface area contributed by atoms with E-state index >= 15 is 0 Å². The Bertz CT molecular complexity index is 1280. The van der Waals surface area contributed by atoms with E-state index in [9.17, 15) is 19.2 Å². The van der Waals surface area contributed by atoms with E-state index in [1.165, 1.54) is 11.6 Å². The van der Waals surface area contributed by atoms with Crippen LogP contribution in [0.2, 0.25) is 0 Å². The number of fused-ring (bicyclic) bond motifs is 1. The van der Waals surface area contributed by atoms with Crippen molar-refractivity contribution in [2.45, 2.75) is 33.9 Å². The number of hydrogen-bond donors (Lipinski definition) is 1. The van der Waals surface area contributed by atoms with Crippen molar-refractivity contribution >= 4 is 28.5 Å². The Hall–Kier alpha value is -3.62. The van der Waals surface area contributed by atoms with Crippen molar-refractivity contribution in [3.8, 4) is 0 Å². The lowest BCUT2D eigenvalue weighted by Crippen LogP contribution is -2.43. The smallest absolute Gasteiger partial charge is 0.332 e. The molecule has 2 heterocycles. The van der Waals surface area contributed by atoms with E-state index in [1.807, 2.05) is 51.1 Å². The van der Waals surface area contributed by atoms with Crippen molar-refractivity contribution in [2.24, 2.45) is 13.0 Å². The van der Waals surface area contributed by atoms with Gasteiger partial charge in [0.05, 0.1) is 0 Å². The predicted molar refractivity (Wildman–Crippen MR) is 117 cm³/mol. The summed E-state index contributed by atoms with van der Waals surface area (Å²) in [5.74, 6) is -1.52. The summed E-state index contributed by atoms with van der Waals surface area (Å²) in [6.45, 7) is 5.17. The second kappa shape index (κ2) is 8.63. The number of carbonyl (C=O) groups excluding carboxylic acids is 2. The van der Waals surface area contributed by atoms with Crippen molar-refractivity contribution < 1.29 is 14.3 Å². The Morgan fingerprint density at radius 3 is 2.48 bits per heavy atom. The zero-order chi connectivity index (χ0) is 22.9. The number of nitrogens with two attached hydrogens (primary N) is 1. The molecule has 2 N–H and O–H groups in total. The van der Waals surface area contributed by atoms with E-state index in [0.29, 0.717) is 0 Å². The van der Waals surface area contributed by atoms with Crippen LogP contribution >= 0.6 is 0 Å². The molecule has 0 unspecified atom stereocenters. The van der Waals surface area contributed by atoms with E-state index < -0.39 is 29.6 Å². The van der Waals surface area contributed by atoms with Gasteiger partial charge in [0.25, 0.3) is 5.56 Å². The standard InChI is InChI=1S/C22H26N4O5/c1-13(2)10-26-20(23)19(21(29)24(4)22(26)30)17(27)12-31-18(28)11-25-14(3)9-15-7-5-6-8-16(15)25/h5-9,13H,10-12,23H2,1-4H3. The molecule has 0 radical (unpaired) electrons. The highest BCUT2D eigenvalue weighted by Crippen LogP contribution is 2.19. The van der Waals surface area contributed by atoms with Crippen LogP contribution in [0.3, 0.4) is 0 Å². The van der Waals surface area contributed by atoms with Crippen LogP contribution in [0.25, 0.3) is 10.9 Å². The maximum atomic E-state index is 12.7. The first-order valence-electron chi connectivity index (χ1n) is 9.94. The van der Waals surface area contributed by atoms with E-state index in [0.717, 1.165) is 21.2 Å². The van der Waals surface area contributed by atoms with Gasteiger partial charge in [-0.2, -0.15) is 0 Å². The van der Waals surface area contributed by atoms with Gasteiger partial charge in [0.15, 0.2) is 6.61 Å². The summed E-state index contributed by atoms with van der Waals surface area (Å²) in [5, 5.41) is 0.993. The van der Waals surface area contributed by atoms with Gasteiger partial charge in [-0.05, 0) is 30.4 Å². The minimum Gasteiger partial charge on any atom is -0.456 e. The number of carbonyl (C=O) groups is 2. The van der Waals surface area contributed by atoms with Crippen LogP contribution in [0.4, 0.5) is 5.82 Å². The van der Waals surface area contributed by atoms with Gasteiger partial charge >= 0.3 is 11.7 Å². The summed E-state index contributed by atoms with van der Waals surface area (Å²) >= 11 is 0. The number of hydrogen-bond acceptors (Lipinski definition) is 6. The number of aryl methyl sites for hydroxylation is 1. The maximum absolute atomic E-state index is 12.7. The zero-order valence-corrected chi connectivity index (χ0v) is 18.0. The fourth-order valence-corrected chi connectivity index (χ4v) is 3.54. The van der Waals surface area contributed by atoms with Gasteiger partial charge in [0.2, 0.25) is 5.78 Å². The molecular formula is C22H26N4O5. The molecule has 0 aliphatic rings. The lowest BCUT2D eigenvalue weighted by molar-refractivity contribution is -0.143. The molecule has 164 valence electrons. The largest absolute Gasteiger partial charge is 0.456 e. The van der Waals surface area contributed by atoms with Crippen LogP contribution in [0.15, 0.2) is 39.9 Å². The summed E-state index contributed by atoms with van der Waals surface area (Å²) in [6, 6.07) is 9.57. The summed E-state index contributed by atoms with van der Waals surface area (Å²) in [4.78, 5) is 49.9. The van der Waals surface area contributed by atoms with Gasteiger partial charge in [0, 0.05) is 24.8 Å². The summed E-state index contributed by atoms with van der Waals surface area (Å²) in [6.07, 6.45) is 0. The molecule has 3 rings (SSSR count). The normalized spacial score (nSPS) is 11.3. The Kier molecular flexibility index (Phi) is 6.14. The molecular weight excluding hydrogens is 400 g/mol. The third-order valence-electron chi connectivity index (χ3n) is 5.08. The van der Waals surface area contributed by atoms with E-state index in [-0.39, 0.29) is 30.4 Å². The molecule has 0 bridgehead atoms. The number of esters is 1. The molecule has 9 heteroatoms. The Morgan fingerprint density at radius 1 is 1.13 bits per heavy atom. The number of anilines is 1. The Morgan fingerprint density at radius 2 is 1.81 bits per heavy atom. The summed E-state index contributed by atoms with van der Waals surface area (Å²) in [5.41, 5.74) is 5.98. The highest BCUT2D eigenvalue weighted by Gasteiger charge is 2.23. The second-order valence-corrected chi connectivity index (χ2v) is 7.93. The van der Waals surface area contributed by atoms with Gasteiger partial charge in [-0.3, -0.25) is 23.5 Å². The van der Waals surface area contributed by atoms with Crippen LogP contribution in [-0.2, 0) is 29.7 Å². The van der Waals surface area contributed by atoms with Crippen LogP contribution in [-0.4, -0.2) is 32.1 Å². The van der Waals surface area contributed by atoms with Gasteiger partial charge in [0.1, 0.15) is 17.9 Å². The Balaban J connectivity index is 1.80. The monoisotopic (exact) mass is 426 g/mol. The average Bonchev–Trinajstić information content (AvgIpc) is 3.03. The number of benzene rings is 1. The first-order valence-corrected chi connectivity index (χ1v) is 9.94. The lowest BCUT2D eigenvalue weighted by atomic mass is 10.1. The quantitative estimate of drug-likeness (QED) is 0.452. The SMILES string of the molecule is Cc1cc2ccccc2n1CC(=O)OCC(=O)c1c(N)n(CC(C)C)c(=O)n(C)c1=O. The van der Waals surface area contributed by atoms with Crippen LogP contribution in [0, 0.1) is 12.8 Å². The topological polar surface area (TPSA) is 118 Å². The van der Waals surface area contributed by atoms with Crippen molar-refractivity contribution in [1.82, 2.24) is 13.7 Å². The van der Waals surface area contributed by atoms with Crippen LogP contribution in [0.5, 0.6) is 0 Å². The van der Waals surface area contributed by atoms with Crippen molar-refractivity contribution in [3.63, 3.8) is 0 Å². The number of nitrogen functional groups attached to an aromatic ring is 1. The minimum absolute atomic E-state index is 0.0675. The molecule has 2 aromatic heterocycles. The lowest BCUT2D eigenvalue weighted by Gasteiger charge is -2.16. The first kappa shape index (κ1) is 22.1. The number of nitrogens with zero attached hydrogens (tertiary/aromatic N) is 3. The van der Waals surface area contributed by atoms with Crippen molar-refractivity contribution in [2.75, 3.05) is 12.3 Å². The van der Waals surface area contributed by atoms with Gasteiger partial charge < -0.3 is 15.0 Å². The molecule has 0 spiro atoms. The number of rotatable bonds is 7. The third kappa shape index (κ3) is 4.30. The molecule has 0 saturated carbocycles. The molecule has 0 atom stereocenters. The molecule has 0 aliphatic heterocycles. The molecule has 0 aliphatic carbocycles. The van der Waals surface area contributed by atoms with Crippen LogP contribution in [0.1, 0.15) is 29.9 Å². The summed E-state index contributed by atoms with van der Waals surface area (Å²) < 4.78 is 8.95. The highest BCUT2D eigenvalue weighted by molar-refractivity contribution is 6.01. The minimum atomic E-state index is -0.809. The first-order chi connectivity index (χ1) is 14.6. The zero-order valence-electron chi connectivity index (χ0n) is 18.0. The van der Waals surface area contributed by atoms with E-state index in [1.54, 1.807) is 4.57 Å². The van der Waals surface area contributed by atoms with Crippen molar-refractivity contribution in [1.29, 1.82) is 0 Å². The molecule has 9 nitrogen and oxygen atoms in total. The molecule has 31 heavy (non-hydrogen) atoms. The molecule has 0 saturated heterocycles. The fraction of sp³-hybridized carbons (Fsp3) is 0.364. The van der Waals surface area contributed by atoms with E-state index in [4.69, 9.17) is 10.5 Å². The number of ketones is 1. The molecule has 0 fully saturated rings. The maximum Gasteiger partial charge on any atom is 0.332 e. The second-order valence-electron chi connectivity index (χ2n) is 7.93. The Labute approximate surface area is 178 Å². The van der Waals surface area contributed by atoms with Gasteiger partial charge in [-0.25, -0.2) is 4.79 Å². The highest BCUT2D eigenvalue weighted by atomic mass is 16.5. The fourth-order valence-electron chi connectivity index (χ4n) is 3.54.